The van der Waals surface area contributed by atoms with Gasteiger partial charge in [0.2, 0.25) is 0 Å². The normalized spacial score (nSPS) is 13.5. The van der Waals surface area contributed by atoms with Crippen molar-refractivity contribution < 1.29 is 5.11 Å². The summed E-state index contributed by atoms with van der Waals surface area (Å²) in [5.74, 6) is 0. The van der Waals surface area contributed by atoms with Gasteiger partial charge in [-0.05, 0) is 20.3 Å². The molecule has 0 amide bonds. The van der Waals surface area contributed by atoms with Crippen LogP contribution in [0.4, 0.5) is 0 Å². The molecule has 0 saturated carbocycles. The van der Waals surface area contributed by atoms with E-state index in [4.69, 9.17) is 0 Å². The van der Waals surface area contributed by atoms with Gasteiger partial charge in [0.15, 0.2) is 0 Å². The molecule has 11 heavy (non-hydrogen) atoms. The van der Waals surface area contributed by atoms with Gasteiger partial charge >= 0.3 is 0 Å². The highest BCUT2D eigenvalue weighted by Gasteiger charge is 2.19. The number of hydrogen-bond acceptors (Lipinski definition) is 3. The summed E-state index contributed by atoms with van der Waals surface area (Å²) in [6.07, 6.45) is 0.779. The van der Waals surface area contributed by atoms with E-state index in [0.717, 1.165) is 12.1 Å². The van der Waals surface area contributed by atoms with Crippen LogP contribution in [0.3, 0.4) is 0 Å². The van der Waals surface area contributed by atoms with Crippen molar-refractivity contribution in [1.29, 1.82) is 0 Å². The van der Waals surface area contributed by atoms with Crippen LogP contribution in [-0.2, 0) is 0 Å². The molecule has 0 saturated heterocycles. The molecule has 0 radical (unpaired) electrons. The minimum Gasteiger partial charge on any atom is -0.384 e. The van der Waals surface area contributed by atoms with Gasteiger partial charge in [-0.2, -0.15) is 5.10 Å². The molecule has 0 aliphatic heterocycles. The molecule has 0 atom stereocenters. The zero-order valence-electron chi connectivity index (χ0n) is 8.05. The summed E-state index contributed by atoms with van der Waals surface area (Å²) in [6, 6.07) is 0. The minimum atomic E-state index is -0.793. The molecule has 0 aliphatic carbocycles. The molecule has 0 unspecified atom stereocenters. The Morgan fingerprint density at radius 1 is 1.45 bits per heavy atom. The van der Waals surface area contributed by atoms with Crippen LogP contribution in [0.5, 0.6) is 0 Å². The maximum Gasteiger partial charge on any atom is 0.0988 e. The van der Waals surface area contributed by atoms with Crippen LogP contribution in [0.15, 0.2) is 5.10 Å². The topological polar surface area (TPSA) is 35.8 Å². The van der Waals surface area contributed by atoms with Crippen LogP contribution in [-0.4, -0.2) is 35.5 Å². The van der Waals surface area contributed by atoms with Crippen LogP contribution < -0.4 is 0 Å². The van der Waals surface area contributed by atoms with Gasteiger partial charge < -0.3 is 10.1 Å². The van der Waals surface area contributed by atoms with Gasteiger partial charge in [0.1, 0.15) is 0 Å². The summed E-state index contributed by atoms with van der Waals surface area (Å²) in [5, 5.41) is 15.4. The lowest BCUT2D eigenvalue weighted by atomic mass is 10.0. The average Bonchev–Trinajstić information content (AvgIpc) is 1.79. The summed E-state index contributed by atoms with van der Waals surface area (Å²) in [6.45, 7) is 5.48. The molecule has 3 heteroatoms. The molecular weight excluding hydrogens is 140 g/mol. The zero-order chi connectivity index (χ0) is 9.07. The average molecular weight is 158 g/mol. The van der Waals surface area contributed by atoms with Crippen molar-refractivity contribution in [1.82, 2.24) is 5.01 Å². The first kappa shape index (κ1) is 10.4. The molecule has 0 fully saturated rings. The van der Waals surface area contributed by atoms with E-state index < -0.39 is 5.60 Å². The van der Waals surface area contributed by atoms with E-state index >= 15 is 0 Å². The summed E-state index contributed by atoms with van der Waals surface area (Å²) in [7, 11) is 3.70. The Morgan fingerprint density at radius 3 is 2.00 bits per heavy atom. The largest absolute Gasteiger partial charge is 0.384 e. The number of hydrazone groups is 1. The molecule has 0 heterocycles. The fraction of sp³-hybridized carbons (Fsp3) is 0.875. The minimum absolute atomic E-state index is 0.779. The van der Waals surface area contributed by atoms with Crippen molar-refractivity contribution in [2.45, 2.75) is 32.8 Å². The molecule has 0 aromatic heterocycles. The highest BCUT2D eigenvalue weighted by atomic mass is 16.3. The second-order valence-corrected chi connectivity index (χ2v) is 3.31. The molecule has 3 nitrogen and oxygen atoms in total. The predicted molar refractivity (Wildman–Crippen MR) is 47.7 cm³/mol. The summed E-state index contributed by atoms with van der Waals surface area (Å²) >= 11 is 0. The molecule has 66 valence electrons. The Bertz CT molecular complexity index is 145. The molecule has 0 aromatic carbocycles. The third-order valence-electron chi connectivity index (χ3n) is 1.36. The van der Waals surface area contributed by atoms with Gasteiger partial charge in [-0.15, -0.1) is 0 Å². The van der Waals surface area contributed by atoms with Crippen LogP contribution in [0.1, 0.15) is 27.2 Å². The van der Waals surface area contributed by atoms with Crippen molar-refractivity contribution in [2.75, 3.05) is 14.1 Å². The van der Waals surface area contributed by atoms with E-state index in [9.17, 15) is 5.11 Å². The number of aliphatic hydroxyl groups is 1. The number of rotatable bonds is 3. The lowest BCUT2D eigenvalue weighted by Gasteiger charge is -2.20. The lowest BCUT2D eigenvalue weighted by molar-refractivity contribution is 0.149. The standard InChI is InChI=1S/C8H18N2O/c1-6-7(8(2,3)11)9-10(4)5/h11H,6H2,1-5H3. The highest BCUT2D eigenvalue weighted by molar-refractivity contribution is 5.91. The first-order valence-corrected chi connectivity index (χ1v) is 3.85. The van der Waals surface area contributed by atoms with Crippen molar-refractivity contribution in [2.24, 2.45) is 5.10 Å². The fourth-order valence-electron chi connectivity index (χ4n) is 0.867. The van der Waals surface area contributed by atoms with Gasteiger partial charge in [-0.1, -0.05) is 6.92 Å². The summed E-state index contributed by atoms with van der Waals surface area (Å²) < 4.78 is 0. The monoisotopic (exact) mass is 158 g/mol. The molecule has 1 N–H and O–H groups in total. The van der Waals surface area contributed by atoms with E-state index in [1.54, 1.807) is 18.9 Å². The maximum atomic E-state index is 9.57. The summed E-state index contributed by atoms with van der Waals surface area (Å²) in [4.78, 5) is 0. The fourth-order valence-corrected chi connectivity index (χ4v) is 0.867. The molecule has 0 rings (SSSR count). The molecular formula is C8H18N2O. The quantitative estimate of drug-likeness (QED) is 0.493. The zero-order valence-corrected chi connectivity index (χ0v) is 8.05. The van der Waals surface area contributed by atoms with Crippen LogP contribution in [0.25, 0.3) is 0 Å². The van der Waals surface area contributed by atoms with E-state index in [1.807, 2.05) is 21.0 Å². The molecule has 0 bridgehead atoms. The van der Waals surface area contributed by atoms with Gasteiger partial charge in [0.25, 0.3) is 0 Å². The van der Waals surface area contributed by atoms with Gasteiger partial charge in [-0.25, -0.2) is 0 Å². The van der Waals surface area contributed by atoms with E-state index in [0.29, 0.717) is 0 Å². The Labute approximate surface area is 68.7 Å². The second-order valence-electron chi connectivity index (χ2n) is 3.31. The third kappa shape index (κ3) is 3.98. The SMILES string of the molecule is CCC(=NN(C)C)C(C)(C)O. The Balaban J connectivity index is 4.41. The van der Waals surface area contributed by atoms with Crippen LogP contribution in [0.2, 0.25) is 0 Å². The Morgan fingerprint density at radius 2 is 1.91 bits per heavy atom. The first-order valence-electron chi connectivity index (χ1n) is 3.85. The highest BCUT2D eigenvalue weighted by Crippen LogP contribution is 2.08. The second kappa shape index (κ2) is 3.72. The van der Waals surface area contributed by atoms with Crippen molar-refractivity contribution in [3.05, 3.63) is 0 Å². The Hall–Kier alpha value is -0.570. The third-order valence-corrected chi connectivity index (χ3v) is 1.36. The smallest absolute Gasteiger partial charge is 0.0988 e. The predicted octanol–water partition coefficient (Wildman–Crippen LogP) is 1.08. The van der Waals surface area contributed by atoms with Crippen molar-refractivity contribution in [3.63, 3.8) is 0 Å². The maximum absolute atomic E-state index is 9.57. The number of nitrogens with zero attached hydrogens (tertiary/aromatic N) is 2. The summed E-state index contributed by atoms with van der Waals surface area (Å²) in [5.41, 5.74) is 0.0152. The van der Waals surface area contributed by atoms with Crippen molar-refractivity contribution >= 4 is 5.71 Å². The van der Waals surface area contributed by atoms with Gasteiger partial charge in [0, 0.05) is 14.1 Å². The van der Waals surface area contributed by atoms with Gasteiger partial charge in [0.05, 0.1) is 11.3 Å². The van der Waals surface area contributed by atoms with Crippen molar-refractivity contribution in [3.8, 4) is 0 Å². The van der Waals surface area contributed by atoms with Gasteiger partial charge in [-0.3, -0.25) is 0 Å². The van der Waals surface area contributed by atoms with E-state index in [2.05, 4.69) is 5.10 Å². The van der Waals surface area contributed by atoms with Crippen LogP contribution >= 0.6 is 0 Å². The molecule has 0 spiro atoms. The number of hydrogen-bond donors (Lipinski definition) is 1. The molecule has 0 aliphatic rings. The lowest BCUT2D eigenvalue weighted by Crippen LogP contribution is -2.32. The Kier molecular flexibility index (Phi) is 3.52. The van der Waals surface area contributed by atoms with E-state index in [-0.39, 0.29) is 0 Å². The van der Waals surface area contributed by atoms with Crippen LogP contribution in [0, 0.1) is 0 Å². The van der Waals surface area contributed by atoms with E-state index in [1.165, 1.54) is 0 Å². The molecule has 0 aromatic rings. The first-order chi connectivity index (χ1) is 4.88.